The van der Waals surface area contributed by atoms with Gasteiger partial charge in [0.05, 0.1) is 11.0 Å². The van der Waals surface area contributed by atoms with E-state index in [4.69, 9.17) is 4.42 Å². The van der Waals surface area contributed by atoms with Crippen LogP contribution in [0.3, 0.4) is 0 Å². The van der Waals surface area contributed by atoms with E-state index in [1.807, 2.05) is 0 Å². The third-order valence-electron chi connectivity index (χ3n) is 5.42. The van der Waals surface area contributed by atoms with Gasteiger partial charge in [0.25, 0.3) is 5.91 Å². The van der Waals surface area contributed by atoms with Crippen LogP contribution in [-0.4, -0.2) is 59.7 Å². The van der Waals surface area contributed by atoms with Gasteiger partial charge in [-0.3, -0.25) is 14.8 Å². The summed E-state index contributed by atoms with van der Waals surface area (Å²) in [5, 5.41) is 9.45. The molecule has 0 atom stereocenters. The number of amides is 1. The summed E-state index contributed by atoms with van der Waals surface area (Å²) in [5.41, 5.74) is 3.73. The lowest BCUT2D eigenvalue weighted by molar-refractivity contribution is 0.00551. The van der Waals surface area contributed by atoms with E-state index in [1.165, 1.54) is 0 Å². The quantitative estimate of drug-likeness (QED) is 0.510. The van der Waals surface area contributed by atoms with Gasteiger partial charge in [-0.25, -0.2) is 8.42 Å². The van der Waals surface area contributed by atoms with Crippen LogP contribution < -0.4 is 0 Å². The van der Waals surface area contributed by atoms with Crippen molar-refractivity contribution in [1.82, 2.24) is 14.9 Å². The number of aliphatic hydroxyl groups excluding tert-OH is 1. The minimum atomic E-state index is -3.28. The molecule has 0 saturated carbocycles. The molecule has 9 heteroatoms. The van der Waals surface area contributed by atoms with Crippen LogP contribution in [0.25, 0.3) is 33.6 Å². The number of aromatic nitrogens is 2. The molecule has 1 aromatic carbocycles. The number of β-amino-alcohol motifs (C(OH)–C–C–N with tert-alkyl or cyclic N) is 1. The number of hydrogen-bond acceptors (Lipinski definition) is 7. The van der Waals surface area contributed by atoms with Crippen LogP contribution in [0.15, 0.2) is 70.2 Å². The summed E-state index contributed by atoms with van der Waals surface area (Å²) in [6.07, 6.45) is 3.92. The number of hydrogen-bond donors (Lipinski definition) is 1. The Kier molecular flexibility index (Phi) is 4.79. The average molecular weight is 449 g/mol. The summed E-state index contributed by atoms with van der Waals surface area (Å²) < 4.78 is 29.5. The van der Waals surface area contributed by atoms with Crippen LogP contribution in [0.2, 0.25) is 0 Å². The molecule has 4 heterocycles. The molecule has 8 nitrogen and oxygen atoms in total. The Morgan fingerprint density at radius 3 is 2.44 bits per heavy atom. The number of carbonyl (C=O) groups is 1. The summed E-state index contributed by atoms with van der Waals surface area (Å²) in [5.74, 6) is 0.327. The number of pyridine rings is 2. The second-order valence-corrected chi connectivity index (χ2v) is 9.79. The van der Waals surface area contributed by atoms with Gasteiger partial charge < -0.3 is 14.4 Å². The molecule has 1 fully saturated rings. The molecule has 0 radical (unpaired) electrons. The topological polar surface area (TPSA) is 114 Å². The highest BCUT2D eigenvalue weighted by molar-refractivity contribution is 7.90. The number of nitrogens with zero attached hydrogens (tertiary/aromatic N) is 3. The number of furan rings is 1. The van der Waals surface area contributed by atoms with Crippen molar-refractivity contribution in [3.63, 3.8) is 0 Å². The molecule has 1 saturated heterocycles. The Morgan fingerprint density at radius 2 is 1.75 bits per heavy atom. The van der Waals surface area contributed by atoms with Crippen molar-refractivity contribution in [2.75, 3.05) is 19.3 Å². The molecule has 162 valence electrons. The average Bonchev–Trinajstić information content (AvgIpc) is 3.20. The first-order chi connectivity index (χ1) is 15.3. The normalized spacial score (nSPS) is 14.5. The molecule has 1 aliphatic rings. The van der Waals surface area contributed by atoms with E-state index >= 15 is 0 Å². The number of carbonyl (C=O) groups excluding carboxylic acids is 1. The van der Waals surface area contributed by atoms with Crippen molar-refractivity contribution >= 4 is 26.8 Å². The molecule has 3 aromatic heterocycles. The zero-order chi connectivity index (χ0) is 22.5. The molecule has 0 spiro atoms. The Bertz CT molecular complexity index is 1440. The summed E-state index contributed by atoms with van der Waals surface area (Å²) in [4.78, 5) is 22.9. The minimum Gasteiger partial charge on any atom is -0.454 e. The zero-order valence-corrected chi connectivity index (χ0v) is 17.9. The van der Waals surface area contributed by atoms with Gasteiger partial charge in [-0.05, 0) is 48.0 Å². The van der Waals surface area contributed by atoms with Gasteiger partial charge in [0.15, 0.2) is 15.4 Å². The van der Waals surface area contributed by atoms with E-state index in [0.29, 0.717) is 35.6 Å². The number of sulfone groups is 1. The smallest absolute Gasteiger partial charge is 0.272 e. The highest BCUT2D eigenvalue weighted by Gasteiger charge is 2.30. The Balaban J connectivity index is 1.52. The van der Waals surface area contributed by atoms with Crippen molar-refractivity contribution in [3.8, 4) is 22.5 Å². The summed E-state index contributed by atoms with van der Waals surface area (Å²) in [6.45, 7) is 0.619. The van der Waals surface area contributed by atoms with Crippen LogP contribution in [-0.2, 0) is 9.84 Å². The summed E-state index contributed by atoms with van der Waals surface area (Å²) in [7, 11) is -3.28. The van der Waals surface area contributed by atoms with Gasteiger partial charge in [0.1, 0.15) is 17.0 Å². The van der Waals surface area contributed by atoms with E-state index < -0.39 is 15.9 Å². The maximum Gasteiger partial charge on any atom is 0.272 e. The highest BCUT2D eigenvalue weighted by atomic mass is 32.2. The molecule has 4 aromatic rings. The predicted octanol–water partition coefficient (Wildman–Crippen LogP) is 2.78. The van der Waals surface area contributed by atoms with E-state index in [2.05, 4.69) is 9.97 Å². The Labute approximate surface area is 184 Å². The van der Waals surface area contributed by atoms with Crippen molar-refractivity contribution in [1.29, 1.82) is 0 Å². The van der Waals surface area contributed by atoms with Crippen molar-refractivity contribution in [2.45, 2.75) is 11.0 Å². The molecule has 1 N–H and O–H groups in total. The molecular weight excluding hydrogens is 430 g/mol. The van der Waals surface area contributed by atoms with Crippen molar-refractivity contribution in [2.24, 2.45) is 0 Å². The fourth-order valence-electron chi connectivity index (χ4n) is 3.67. The predicted molar refractivity (Wildman–Crippen MR) is 118 cm³/mol. The van der Waals surface area contributed by atoms with Crippen LogP contribution >= 0.6 is 0 Å². The molecule has 32 heavy (non-hydrogen) atoms. The first kappa shape index (κ1) is 20.3. The van der Waals surface area contributed by atoms with E-state index in [9.17, 15) is 18.3 Å². The number of rotatable bonds is 4. The third-order valence-corrected chi connectivity index (χ3v) is 6.55. The zero-order valence-electron chi connectivity index (χ0n) is 17.1. The second-order valence-electron chi connectivity index (χ2n) is 7.77. The molecule has 1 aliphatic heterocycles. The number of aliphatic hydroxyl groups is 1. The van der Waals surface area contributed by atoms with Gasteiger partial charge >= 0.3 is 0 Å². The first-order valence-electron chi connectivity index (χ1n) is 9.92. The van der Waals surface area contributed by atoms with Gasteiger partial charge in [-0.2, -0.15) is 0 Å². The van der Waals surface area contributed by atoms with Gasteiger partial charge in [0, 0.05) is 48.9 Å². The summed E-state index contributed by atoms with van der Waals surface area (Å²) in [6, 6.07) is 13.6. The monoisotopic (exact) mass is 449 g/mol. The fraction of sp³-hybridized carbons (Fsp3) is 0.174. The maximum atomic E-state index is 12.6. The van der Waals surface area contributed by atoms with E-state index in [1.54, 1.807) is 65.8 Å². The number of likely N-dealkylation sites (tertiary alicyclic amines) is 1. The molecule has 0 bridgehead atoms. The first-order valence-corrected chi connectivity index (χ1v) is 11.8. The lowest BCUT2D eigenvalue weighted by Crippen LogP contribution is -2.53. The molecular formula is C23H19N3O5S. The van der Waals surface area contributed by atoms with Crippen molar-refractivity contribution in [3.05, 3.63) is 66.6 Å². The SMILES string of the molecule is CS(=O)(=O)c1ccc(-c2cc3nccc(-c4ccnc(C(=O)N5CC(O)C5)c4)c3o2)cc1. The van der Waals surface area contributed by atoms with Crippen molar-refractivity contribution < 1.29 is 22.7 Å². The summed E-state index contributed by atoms with van der Waals surface area (Å²) >= 11 is 0. The van der Waals surface area contributed by atoms with Crippen LogP contribution in [0.4, 0.5) is 0 Å². The van der Waals surface area contributed by atoms with Crippen LogP contribution in [0.5, 0.6) is 0 Å². The Hall–Kier alpha value is -3.56. The number of fused-ring (bicyclic) bond motifs is 1. The lowest BCUT2D eigenvalue weighted by atomic mass is 10.1. The second kappa shape index (κ2) is 7.54. The third kappa shape index (κ3) is 3.65. The molecule has 0 unspecified atom stereocenters. The maximum absolute atomic E-state index is 12.6. The van der Waals surface area contributed by atoms with Gasteiger partial charge in [-0.1, -0.05) is 0 Å². The highest BCUT2D eigenvalue weighted by Crippen LogP contribution is 2.34. The number of benzene rings is 1. The van der Waals surface area contributed by atoms with Crippen LogP contribution in [0, 0.1) is 0 Å². The van der Waals surface area contributed by atoms with Gasteiger partial charge in [0.2, 0.25) is 0 Å². The minimum absolute atomic E-state index is 0.228. The molecule has 1 amide bonds. The Morgan fingerprint density at radius 1 is 1.03 bits per heavy atom. The lowest BCUT2D eigenvalue weighted by Gasteiger charge is -2.35. The molecule has 0 aliphatic carbocycles. The fourth-order valence-corrected chi connectivity index (χ4v) is 4.30. The molecule has 5 rings (SSSR count). The van der Waals surface area contributed by atoms with E-state index in [-0.39, 0.29) is 10.8 Å². The van der Waals surface area contributed by atoms with Gasteiger partial charge in [-0.15, -0.1) is 0 Å². The van der Waals surface area contributed by atoms with Crippen LogP contribution in [0.1, 0.15) is 10.5 Å². The largest absolute Gasteiger partial charge is 0.454 e. The van der Waals surface area contributed by atoms with E-state index in [0.717, 1.165) is 22.9 Å². The standard InChI is InChI=1S/C23H19N3O5S/c1-32(29,30)17-4-2-14(3-5-17)21-11-19-22(31-21)18(7-9-24-19)15-6-8-25-20(10-15)23(28)26-12-16(27)13-26/h2-11,16,27H,12-13H2,1H3.